The van der Waals surface area contributed by atoms with Crippen LogP contribution in [-0.2, 0) is 25.5 Å². The van der Waals surface area contributed by atoms with E-state index in [1.54, 1.807) is 0 Å². The third kappa shape index (κ3) is 2.31. The number of nitrogens with zero attached hydrogens (tertiary/aromatic N) is 1. The van der Waals surface area contributed by atoms with Gasteiger partial charge in [-0.05, 0) is 24.1 Å². The number of pyridine rings is 1. The molecule has 1 heterocycles. The molecule has 0 bridgehead atoms. The first kappa shape index (κ1) is 14.2. The maximum atomic E-state index is 4.46. The van der Waals surface area contributed by atoms with Crippen molar-refractivity contribution < 1.29 is 20.1 Å². The Hall–Kier alpha value is -1.24. The van der Waals surface area contributed by atoms with Gasteiger partial charge in [-0.15, -0.1) is 34.9 Å². The fourth-order valence-electron chi connectivity index (χ4n) is 2.90. The fraction of sp³-hybridized carbons (Fsp3) is 0.235. The number of allylic oxidation sites excluding steroid dienone is 2. The third-order valence-electron chi connectivity index (χ3n) is 3.56. The Bertz CT molecular complexity index is 627. The minimum atomic E-state index is 0. The number of benzene rings is 1. The van der Waals surface area contributed by atoms with E-state index in [2.05, 4.69) is 50.0 Å². The van der Waals surface area contributed by atoms with E-state index in [1.807, 2.05) is 24.4 Å². The van der Waals surface area contributed by atoms with Crippen molar-refractivity contribution >= 4 is 5.57 Å². The summed E-state index contributed by atoms with van der Waals surface area (Å²) in [6.07, 6.45) is 4.17. The second kappa shape index (κ2) is 5.03. The average Bonchev–Trinajstić information content (AvgIpc) is 2.61. The van der Waals surface area contributed by atoms with E-state index < -0.39 is 0 Å². The fourth-order valence-corrected chi connectivity index (χ4v) is 2.90. The van der Waals surface area contributed by atoms with Crippen molar-refractivity contribution in [3.05, 3.63) is 59.8 Å². The standard InChI is InChI=1S/C17H16N.Ir/c1-12-11-17(2,3)16-13(12)7-6-8-14(16)15-9-4-5-10-18-15;/h4-7,9-11H,1-3H3;/q-1;. The van der Waals surface area contributed by atoms with Gasteiger partial charge in [0.25, 0.3) is 0 Å². The van der Waals surface area contributed by atoms with E-state index in [1.165, 1.54) is 16.7 Å². The maximum absolute atomic E-state index is 4.46. The molecule has 0 fully saturated rings. The van der Waals surface area contributed by atoms with Crippen LogP contribution in [0.4, 0.5) is 0 Å². The molecule has 0 N–H and O–H groups in total. The summed E-state index contributed by atoms with van der Waals surface area (Å²) in [5, 5.41) is 0. The van der Waals surface area contributed by atoms with Gasteiger partial charge >= 0.3 is 0 Å². The molecule has 19 heavy (non-hydrogen) atoms. The molecule has 0 saturated carbocycles. The van der Waals surface area contributed by atoms with Gasteiger partial charge in [0.2, 0.25) is 0 Å². The quantitative estimate of drug-likeness (QED) is 0.622. The molecule has 0 saturated heterocycles. The summed E-state index contributed by atoms with van der Waals surface area (Å²) in [4.78, 5) is 4.46. The van der Waals surface area contributed by atoms with E-state index in [0.717, 1.165) is 11.3 Å². The average molecular weight is 427 g/mol. The molecule has 1 aromatic carbocycles. The summed E-state index contributed by atoms with van der Waals surface area (Å²) in [5.74, 6) is 0. The zero-order valence-corrected chi connectivity index (χ0v) is 13.7. The number of hydrogen-bond acceptors (Lipinski definition) is 1. The Morgan fingerprint density at radius 2 is 1.95 bits per heavy atom. The molecule has 1 aliphatic rings. The van der Waals surface area contributed by atoms with E-state index in [0.29, 0.717) is 0 Å². The predicted octanol–water partition coefficient (Wildman–Crippen LogP) is 4.24. The molecule has 1 radical (unpaired) electrons. The minimum Gasteiger partial charge on any atom is -0.305 e. The van der Waals surface area contributed by atoms with Gasteiger partial charge in [-0.1, -0.05) is 37.6 Å². The van der Waals surface area contributed by atoms with Crippen molar-refractivity contribution in [2.24, 2.45) is 0 Å². The Morgan fingerprint density at radius 1 is 1.16 bits per heavy atom. The maximum Gasteiger partial charge on any atom is 0.0160 e. The van der Waals surface area contributed by atoms with E-state index in [-0.39, 0.29) is 25.5 Å². The van der Waals surface area contributed by atoms with Gasteiger partial charge in [-0.2, -0.15) is 0 Å². The number of fused-ring (bicyclic) bond motifs is 1. The van der Waals surface area contributed by atoms with Crippen LogP contribution in [0.2, 0.25) is 0 Å². The molecule has 0 unspecified atom stereocenters. The smallest absolute Gasteiger partial charge is 0.0160 e. The van der Waals surface area contributed by atoms with Gasteiger partial charge in [-0.3, -0.25) is 0 Å². The molecule has 0 amide bonds. The Balaban J connectivity index is 0.00000133. The molecular formula is C17H16IrN-. The van der Waals surface area contributed by atoms with Crippen molar-refractivity contribution in [1.29, 1.82) is 0 Å². The van der Waals surface area contributed by atoms with Crippen molar-refractivity contribution in [2.45, 2.75) is 26.2 Å². The Labute approximate surface area is 128 Å². The molecule has 3 rings (SSSR count). The third-order valence-corrected chi connectivity index (χ3v) is 3.56. The largest absolute Gasteiger partial charge is 0.305 e. The summed E-state index contributed by atoms with van der Waals surface area (Å²) in [5.41, 5.74) is 6.22. The zero-order chi connectivity index (χ0) is 12.8. The molecule has 99 valence electrons. The molecule has 0 spiro atoms. The number of hydrogen-bond donors (Lipinski definition) is 0. The first-order valence-corrected chi connectivity index (χ1v) is 6.26. The Morgan fingerprint density at radius 3 is 2.63 bits per heavy atom. The van der Waals surface area contributed by atoms with Crippen LogP contribution in [-0.4, -0.2) is 4.98 Å². The Kier molecular flexibility index (Phi) is 3.75. The summed E-state index contributed by atoms with van der Waals surface area (Å²) in [6.45, 7) is 6.68. The number of rotatable bonds is 1. The number of aromatic nitrogens is 1. The van der Waals surface area contributed by atoms with E-state index >= 15 is 0 Å². The molecule has 0 atom stereocenters. The van der Waals surface area contributed by atoms with Gasteiger partial charge in [0.1, 0.15) is 0 Å². The van der Waals surface area contributed by atoms with Crippen molar-refractivity contribution in [3.63, 3.8) is 0 Å². The second-order valence-corrected chi connectivity index (χ2v) is 5.41. The van der Waals surface area contributed by atoms with Crippen molar-refractivity contribution in [2.75, 3.05) is 0 Å². The predicted molar refractivity (Wildman–Crippen MR) is 75.2 cm³/mol. The summed E-state index contributed by atoms with van der Waals surface area (Å²) < 4.78 is 0. The zero-order valence-electron chi connectivity index (χ0n) is 11.3. The van der Waals surface area contributed by atoms with Crippen molar-refractivity contribution in [1.82, 2.24) is 4.98 Å². The topological polar surface area (TPSA) is 12.9 Å². The van der Waals surface area contributed by atoms with E-state index in [4.69, 9.17) is 0 Å². The van der Waals surface area contributed by atoms with Gasteiger partial charge in [0.15, 0.2) is 0 Å². The molecule has 1 aliphatic carbocycles. The van der Waals surface area contributed by atoms with Crippen LogP contribution in [0.3, 0.4) is 0 Å². The normalized spacial score (nSPS) is 15.4. The van der Waals surface area contributed by atoms with Crippen LogP contribution in [0.25, 0.3) is 16.8 Å². The minimum absolute atomic E-state index is 0. The van der Waals surface area contributed by atoms with Crippen LogP contribution in [0.5, 0.6) is 0 Å². The SMILES string of the molecule is CC1=CC(C)(C)c2c(-c3ccccn3)[c-]ccc21.[Ir]. The van der Waals surface area contributed by atoms with Gasteiger partial charge in [-0.25, -0.2) is 0 Å². The molecular weight excluding hydrogens is 410 g/mol. The van der Waals surface area contributed by atoms with Crippen LogP contribution in [0.15, 0.2) is 42.6 Å². The molecule has 0 aliphatic heterocycles. The van der Waals surface area contributed by atoms with Gasteiger partial charge in [0, 0.05) is 26.3 Å². The molecule has 1 aromatic heterocycles. The van der Waals surface area contributed by atoms with Crippen LogP contribution < -0.4 is 0 Å². The van der Waals surface area contributed by atoms with Crippen LogP contribution in [0, 0.1) is 6.07 Å². The first-order chi connectivity index (χ1) is 8.59. The van der Waals surface area contributed by atoms with Gasteiger partial charge < -0.3 is 4.98 Å². The van der Waals surface area contributed by atoms with Gasteiger partial charge in [0.05, 0.1) is 0 Å². The van der Waals surface area contributed by atoms with E-state index in [9.17, 15) is 0 Å². The molecule has 2 aromatic rings. The van der Waals surface area contributed by atoms with Crippen LogP contribution in [0.1, 0.15) is 31.9 Å². The van der Waals surface area contributed by atoms with Crippen molar-refractivity contribution in [3.8, 4) is 11.3 Å². The summed E-state index contributed by atoms with van der Waals surface area (Å²) >= 11 is 0. The van der Waals surface area contributed by atoms with Crippen LogP contribution >= 0.6 is 0 Å². The first-order valence-electron chi connectivity index (χ1n) is 6.26. The summed E-state index contributed by atoms with van der Waals surface area (Å²) in [7, 11) is 0. The molecule has 1 nitrogen and oxygen atoms in total. The second-order valence-electron chi connectivity index (χ2n) is 5.41. The molecule has 2 heteroatoms. The summed E-state index contributed by atoms with van der Waals surface area (Å²) in [6, 6.07) is 13.5. The monoisotopic (exact) mass is 427 g/mol.